The second kappa shape index (κ2) is 14.7. The van der Waals surface area contributed by atoms with Crippen molar-refractivity contribution >= 4 is 16.9 Å². The topological polar surface area (TPSA) is 148 Å². The molecule has 0 radical (unpaired) electrons. The smallest absolute Gasteiger partial charge is 0.306 e. The summed E-state index contributed by atoms with van der Waals surface area (Å²) in [5.41, 5.74) is 2.25. The van der Waals surface area contributed by atoms with Crippen molar-refractivity contribution in [2.24, 2.45) is 5.92 Å². The SMILES string of the molecule is CCOC(=O)CCc1cc2c(C3CCCCC3)coc2c(OCCCC(C)C)c1O[C@H]1O[C@H](CO)[C@@H](O)[C@H](O)[C@H]1O. The Balaban J connectivity index is 1.77. The highest BCUT2D eigenvalue weighted by atomic mass is 16.7. The van der Waals surface area contributed by atoms with Crippen molar-refractivity contribution in [2.75, 3.05) is 19.8 Å². The molecule has 1 aliphatic heterocycles. The van der Waals surface area contributed by atoms with Gasteiger partial charge in [-0.3, -0.25) is 4.79 Å². The van der Waals surface area contributed by atoms with Crippen LogP contribution in [0.4, 0.5) is 0 Å². The molecule has 1 aromatic carbocycles. The van der Waals surface area contributed by atoms with Gasteiger partial charge < -0.3 is 43.8 Å². The van der Waals surface area contributed by atoms with Crippen LogP contribution in [0.5, 0.6) is 11.5 Å². The van der Waals surface area contributed by atoms with Gasteiger partial charge in [-0.15, -0.1) is 0 Å². The first kappa shape index (κ1) is 31.6. The minimum atomic E-state index is -1.61. The molecule has 0 bridgehead atoms. The predicted molar refractivity (Wildman–Crippen MR) is 151 cm³/mol. The van der Waals surface area contributed by atoms with Crippen LogP contribution in [0, 0.1) is 5.92 Å². The lowest BCUT2D eigenvalue weighted by molar-refractivity contribution is -0.277. The zero-order valence-corrected chi connectivity index (χ0v) is 24.4. The molecule has 0 unspecified atom stereocenters. The summed E-state index contributed by atoms with van der Waals surface area (Å²) in [4.78, 5) is 12.4. The summed E-state index contributed by atoms with van der Waals surface area (Å²) in [5.74, 6) is 1.06. The van der Waals surface area contributed by atoms with Crippen molar-refractivity contribution in [3.05, 3.63) is 23.5 Å². The lowest BCUT2D eigenvalue weighted by Gasteiger charge is -2.39. The molecule has 2 aliphatic rings. The third kappa shape index (κ3) is 7.53. The lowest BCUT2D eigenvalue weighted by Crippen LogP contribution is -2.60. The predicted octanol–water partition coefficient (Wildman–Crippen LogP) is 3.97. The molecule has 230 valence electrons. The number of esters is 1. The molecule has 1 saturated heterocycles. The Labute approximate surface area is 241 Å². The van der Waals surface area contributed by atoms with E-state index in [1.54, 1.807) is 13.2 Å². The number of hydrogen-bond donors (Lipinski definition) is 4. The number of ether oxygens (including phenoxy) is 4. The van der Waals surface area contributed by atoms with Crippen LogP contribution < -0.4 is 9.47 Å². The van der Waals surface area contributed by atoms with E-state index in [4.69, 9.17) is 23.4 Å². The van der Waals surface area contributed by atoms with E-state index in [1.807, 2.05) is 6.07 Å². The van der Waals surface area contributed by atoms with Gasteiger partial charge in [-0.1, -0.05) is 33.1 Å². The maximum atomic E-state index is 12.4. The number of aryl methyl sites for hydroxylation is 1. The molecule has 41 heavy (non-hydrogen) atoms. The first-order chi connectivity index (χ1) is 19.7. The first-order valence-corrected chi connectivity index (χ1v) is 15.1. The number of aliphatic hydroxyl groups excluding tert-OH is 4. The number of fused-ring (bicyclic) bond motifs is 1. The normalized spacial score (nSPS) is 25.5. The Bertz CT molecular complexity index is 1120. The number of benzene rings is 1. The second-order valence-electron chi connectivity index (χ2n) is 11.6. The highest BCUT2D eigenvalue weighted by Crippen LogP contribution is 2.46. The molecule has 1 aliphatic carbocycles. The zero-order valence-electron chi connectivity index (χ0n) is 24.4. The molecule has 10 heteroatoms. The number of carbonyl (C=O) groups excluding carboxylic acids is 1. The Morgan fingerprint density at radius 1 is 1.07 bits per heavy atom. The lowest BCUT2D eigenvalue weighted by atomic mass is 9.83. The van der Waals surface area contributed by atoms with Crippen LogP contribution >= 0.6 is 0 Å². The molecule has 5 atom stereocenters. The van der Waals surface area contributed by atoms with Gasteiger partial charge in [0.25, 0.3) is 0 Å². The van der Waals surface area contributed by atoms with E-state index in [-0.39, 0.29) is 31.2 Å². The van der Waals surface area contributed by atoms with Gasteiger partial charge in [0.05, 0.1) is 26.1 Å². The van der Waals surface area contributed by atoms with E-state index in [0.29, 0.717) is 35.3 Å². The Morgan fingerprint density at radius 2 is 1.83 bits per heavy atom. The van der Waals surface area contributed by atoms with Crippen LogP contribution in [-0.4, -0.2) is 76.9 Å². The standard InChI is InChI=1S/C31H46O10/c1-4-37-24(33)13-12-20-15-21-22(19-10-6-5-7-11-19)17-39-29(21)30(38-14-8-9-18(2)3)28(20)41-31-27(36)26(35)25(34)23(16-32)40-31/h15,17-19,23,25-27,31-32,34-36H,4-14,16H2,1-3H3/t23-,25-,26+,27-,31-/m1/s1. The average Bonchev–Trinajstić information content (AvgIpc) is 3.39. The van der Waals surface area contributed by atoms with Crippen molar-refractivity contribution in [1.82, 2.24) is 0 Å². The second-order valence-corrected chi connectivity index (χ2v) is 11.6. The molecular weight excluding hydrogens is 532 g/mol. The van der Waals surface area contributed by atoms with Crippen molar-refractivity contribution in [2.45, 2.75) is 115 Å². The monoisotopic (exact) mass is 578 g/mol. The summed E-state index contributed by atoms with van der Waals surface area (Å²) < 4.78 is 29.5. The van der Waals surface area contributed by atoms with E-state index < -0.39 is 37.3 Å². The fourth-order valence-corrected chi connectivity index (χ4v) is 5.79. The molecule has 2 fully saturated rings. The van der Waals surface area contributed by atoms with Crippen LogP contribution in [-0.2, 0) is 20.7 Å². The van der Waals surface area contributed by atoms with E-state index in [2.05, 4.69) is 13.8 Å². The van der Waals surface area contributed by atoms with E-state index in [1.165, 1.54) is 6.42 Å². The third-order valence-corrected chi connectivity index (χ3v) is 8.09. The van der Waals surface area contributed by atoms with Gasteiger partial charge in [-0.25, -0.2) is 0 Å². The van der Waals surface area contributed by atoms with Gasteiger partial charge in [-0.05, 0) is 62.5 Å². The summed E-state index contributed by atoms with van der Waals surface area (Å²) in [7, 11) is 0. The molecule has 4 N–H and O–H groups in total. The molecule has 2 aromatic rings. The van der Waals surface area contributed by atoms with Crippen LogP contribution in [0.3, 0.4) is 0 Å². The maximum Gasteiger partial charge on any atom is 0.306 e. The Hall–Kier alpha value is -2.37. The van der Waals surface area contributed by atoms with Crippen molar-refractivity contribution < 1.29 is 48.6 Å². The number of furan rings is 1. The van der Waals surface area contributed by atoms with Crippen LogP contribution in [0.15, 0.2) is 16.7 Å². The van der Waals surface area contributed by atoms with E-state index in [9.17, 15) is 25.2 Å². The molecule has 0 amide bonds. The minimum Gasteiger partial charge on any atom is -0.486 e. The van der Waals surface area contributed by atoms with Gasteiger partial charge >= 0.3 is 5.97 Å². The average molecular weight is 579 g/mol. The highest BCUT2D eigenvalue weighted by Gasteiger charge is 2.45. The molecule has 1 saturated carbocycles. The fourth-order valence-electron chi connectivity index (χ4n) is 5.79. The maximum absolute atomic E-state index is 12.4. The zero-order chi connectivity index (χ0) is 29.5. The third-order valence-electron chi connectivity index (χ3n) is 8.09. The van der Waals surface area contributed by atoms with Gasteiger partial charge in [-0.2, -0.15) is 0 Å². The summed E-state index contributed by atoms with van der Waals surface area (Å²) in [6, 6.07) is 1.95. The van der Waals surface area contributed by atoms with Crippen molar-refractivity contribution in [1.29, 1.82) is 0 Å². The first-order valence-electron chi connectivity index (χ1n) is 15.1. The molecule has 10 nitrogen and oxygen atoms in total. The van der Waals surface area contributed by atoms with Gasteiger partial charge in [0.2, 0.25) is 12.0 Å². The Kier molecular flexibility index (Phi) is 11.3. The largest absolute Gasteiger partial charge is 0.486 e. The summed E-state index contributed by atoms with van der Waals surface area (Å²) >= 11 is 0. The minimum absolute atomic E-state index is 0.0911. The molecule has 2 heterocycles. The number of carbonyl (C=O) groups is 1. The summed E-state index contributed by atoms with van der Waals surface area (Å²) in [6.45, 7) is 6.11. The van der Waals surface area contributed by atoms with Gasteiger partial charge in [0.1, 0.15) is 24.4 Å². The molecule has 1 aromatic heterocycles. The Morgan fingerprint density at radius 3 is 2.51 bits per heavy atom. The molecule has 0 spiro atoms. The van der Waals surface area contributed by atoms with Crippen molar-refractivity contribution in [3.63, 3.8) is 0 Å². The van der Waals surface area contributed by atoms with Crippen molar-refractivity contribution in [3.8, 4) is 11.5 Å². The number of rotatable bonds is 13. The van der Waals surface area contributed by atoms with Crippen LogP contribution in [0.25, 0.3) is 11.0 Å². The fraction of sp³-hybridized carbons (Fsp3) is 0.710. The van der Waals surface area contributed by atoms with Gasteiger partial charge in [0.15, 0.2) is 11.3 Å². The van der Waals surface area contributed by atoms with E-state index in [0.717, 1.165) is 49.5 Å². The quantitative estimate of drug-likeness (QED) is 0.203. The van der Waals surface area contributed by atoms with Crippen LogP contribution in [0.1, 0.15) is 89.2 Å². The van der Waals surface area contributed by atoms with Gasteiger partial charge in [0, 0.05) is 17.4 Å². The number of aliphatic hydroxyl groups is 4. The molecular formula is C31H46O10. The highest BCUT2D eigenvalue weighted by molar-refractivity contribution is 5.90. The van der Waals surface area contributed by atoms with Crippen LogP contribution in [0.2, 0.25) is 0 Å². The number of hydrogen-bond acceptors (Lipinski definition) is 10. The summed E-state index contributed by atoms with van der Waals surface area (Å²) in [5, 5.41) is 42.0. The summed E-state index contributed by atoms with van der Waals surface area (Å²) in [6.07, 6.45) is 2.28. The van der Waals surface area contributed by atoms with E-state index >= 15 is 0 Å². The molecule has 4 rings (SSSR count).